The molecule has 2 aromatic rings. The van der Waals surface area contributed by atoms with E-state index in [2.05, 4.69) is 21.7 Å². The molecule has 8 heteroatoms. The molecule has 1 atom stereocenters. The van der Waals surface area contributed by atoms with E-state index in [1.165, 1.54) is 21.0 Å². The van der Waals surface area contributed by atoms with Crippen molar-refractivity contribution >= 4 is 38.6 Å². The number of para-hydroxylation sites is 2. The van der Waals surface area contributed by atoms with E-state index in [1.54, 1.807) is 0 Å². The molecule has 1 amide bonds. The van der Waals surface area contributed by atoms with Gasteiger partial charge in [0.05, 0.1) is 23.5 Å². The number of amides is 1. The minimum absolute atomic E-state index is 0.103. The van der Waals surface area contributed by atoms with Gasteiger partial charge in [-0.1, -0.05) is 12.1 Å². The summed E-state index contributed by atoms with van der Waals surface area (Å²) in [5.74, 6) is -0.421. The van der Waals surface area contributed by atoms with Crippen molar-refractivity contribution in [1.29, 1.82) is 0 Å². The summed E-state index contributed by atoms with van der Waals surface area (Å²) >= 11 is 1.81. The predicted octanol–water partition coefficient (Wildman–Crippen LogP) is 2.92. The molecule has 2 aliphatic rings. The van der Waals surface area contributed by atoms with Gasteiger partial charge in [0.25, 0.3) is 0 Å². The average molecular weight is 420 g/mol. The summed E-state index contributed by atoms with van der Waals surface area (Å²) in [5, 5.41) is 5.21. The number of sulfonamides is 1. The maximum Gasteiger partial charge on any atom is 0.228 e. The number of hydrogen-bond donors (Lipinski definition) is 1. The van der Waals surface area contributed by atoms with Crippen molar-refractivity contribution in [2.75, 3.05) is 36.1 Å². The highest BCUT2D eigenvalue weighted by Crippen LogP contribution is 2.33. The van der Waals surface area contributed by atoms with Crippen molar-refractivity contribution in [2.24, 2.45) is 5.92 Å². The summed E-state index contributed by atoms with van der Waals surface area (Å²) in [7, 11) is -3.27. The van der Waals surface area contributed by atoms with Gasteiger partial charge in [-0.25, -0.2) is 12.7 Å². The van der Waals surface area contributed by atoms with Gasteiger partial charge in [0.1, 0.15) is 0 Å². The molecule has 1 unspecified atom stereocenters. The predicted molar refractivity (Wildman–Crippen MR) is 113 cm³/mol. The van der Waals surface area contributed by atoms with Crippen molar-refractivity contribution in [2.45, 2.75) is 25.8 Å². The zero-order valence-electron chi connectivity index (χ0n) is 15.9. The topological polar surface area (TPSA) is 69.7 Å². The Morgan fingerprint density at radius 3 is 2.86 bits per heavy atom. The molecule has 0 spiro atoms. The molecule has 150 valence electrons. The second kappa shape index (κ2) is 7.85. The van der Waals surface area contributed by atoms with Gasteiger partial charge in [-0.05, 0) is 48.4 Å². The Kier molecular flexibility index (Phi) is 5.44. The lowest BCUT2D eigenvalue weighted by atomic mass is 9.98. The molecular weight excluding hydrogens is 394 g/mol. The highest BCUT2D eigenvalue weighted by Gasteiger charge is 2.30. The fourth-order valence-electron chi connectivity index (χ4n) is 4.00. The van der Waals surface area contributed by atoms with Gasteiger partial charge >= 0.3 is 0 Å². The normalized spacial score (nSPS) is 20.6. The van der Waals surface area contributed by atoms with Gasteiger partial charge in [-0.2, -0.15) is 0 Å². The monoisotopic (exact) mass is 419 g/mol. The van der Waals surface area contributed by atoms with Crippen LogP contribution in [0, 0.1) is 5.92 Å². The number of anilines is 2. The quantitative estimate of drug-likeness (QED) is 0.827. The van der Waals surface area contributed by atoms with Crippen LogP contribution in [0.3, 0.4) is 0 Å². The lowest BCUT2D eigenvalue weighted by Gasteiger charge is -2.32. The number of hydrogen-bond acceptors (Lipinski definition) is 5. The number of nitrogens with one attached hydrogen (secondary N) is 1. The smallest absolute Gasteiger partial charge is 0.228 e. The molecular formula is C20H25N3O3S2. The van der Waals surface area contributed by atoms with Gasteiger partial charge in [-0.15, -0.1) is 11.3 Å². The van der Waals surface area contributed by atoms with E-state index >= 15 is 0 Å². The van der Waals surface area contributed by atoms with Crippen LogP contribution in [0.5, 0.6) is 0 Å². The van der Waals surface area contributed by atoms with E-state index in [0.29, 0.717) is 19.4 Å². The Hall–Kier alpha value is -1.90. The zero-order valence-corrected chi connectivity index (χ0v) is 17.6. The van der Waals surface area contributed by atoms with Gasteiger partial charge in [0.2, 0.25) is 15.9 Å². The van der Waals surface area contributed by atoms with Crippen LogP contribution in [0.2, 0.25) is 0 Å². The highest BCUT2D eigenvalue weighted by atomic mass is 32.2. The van der Waals surface area contributed by atoms with E-state index in [-0.39, 0.29) is 18.4 Å². The average Bonchev–Trinajstić information content (AvgIpc) is 3.15. The molecule has 1 aromatic carbocycles. The molecule has 1 fully saturated rings. The van der Waals surface area contributed by atoms with Crippen molar-refractivity contribution in [1.82, 2.24) is 4.31 Å². The summed E-state index contributed by atoms with van der Waals surface area (Å²) in [5.41, 5.74) is 3.17. The van der Waals surface area contributed by atoms with Crippen LogP contribution >= 0.6 is 11.3 Å². The van der Waals surface area contributed by atoms with Crippen LogP contribution < -0.4 is 10.2 Å². The Balaban J connectivity index is 1.49. The van der Waals surface area contributed by atoms with E-state index in [9.17, 15) is 13.2 Å². The highest BCUT2D eigenvalue weighted by molar-refractivity contribution is 7.88. The Labute approximate surface area is 170 Å². The number of carbonyl (C=O) groups excluding carboxylic acids is 1. The van der Waals surface area contributed by atoms with Crippen molar-refractivity contribution in [3.63, 3.8) is 0 Å². The van der Waals surface area contributed by atoms with Gasteiger partial charge < -0.3 is 10.2 Å². The second-order valence-electron chi connectivity index (χ2n) is 7.51. The maximum absolute atomic E-state index is 12.9. The molecule has 0 bridgehead atoms. The van der Waals surface area contributed by atoms with Crippen LogP contribution in [0.1, 0.15) is 23.3 Å². The van der Waals surface area contributed by atoms with Gasteiger partial charge in [0, 0.05) is 31.1 Å². The molecule has 0 aliphatic carbocycles. The lowest BCUT2D eigenvalue weighted by Crippen LogP contribution is -2.43. The first-order valence-corrected chi connectivity index (χ1v) is 12.3. The summed E-state index contributed by atoms with van der Waals surface area (Å²) in [6.45, 7) is 2.52. The molecule has 6 nitrogen and oxygen atoms in total. The first-order chi connectivity index (χ1) is 13.4. The third-order valence-corrected chi connectivity index (χ3v) is 7.83. The van der Waals surface area contributed by atoms with Crippen LogP contribution in [0.15, 0.2) is 35.7 Å². The summed E-state index contributed by atoms with van der Waals surface area (Å²) < 4.78 is 25.1. The fourth-order valence-corrected chi connectivity index (χ4v) is 5.80. The van der Waals surface area contributed by atoms with Gasteiger partial charge in [-0.3, -0.25) is 4.79 Å². The summed E-state index contributed by atoms with van der Waals surface area (Å²) in [4.78, 5) is 16.6. The summed E-state index contributed by atoms with van der Waals surface area (Å²) in [6.07, 6.45) is 3.64. The first-order valence-electron chi connectivity index (χ1n) is 9.57. The zero-order chi connectivity index (χ0) is 19.7. The lowest BCUT2D eigenvalue weighted by molar-refractivity contribution is -0.120. The second-order valence-corrected chi connectivity index (χ2v) is 10.5. The Morgan fingerprint density at radius 1 is 1.21 bits per heavy atom. The van der Waals surface area contributed by atoms with Crippen LogP contribution in [-0.4, -0.2) is 44.5 Å². The van der Waals surface area contributed by atoms with E-state index in [0.717, 1.165) is 30.9 Å². The molecule has 1 saturated heterocycles. The van der Waals surface area contributed by atoms with Crippen molar-refractivity contribution in [3.05, 3.63) is 46.2 Å². The SMILES string of the molecule is CS(=O)(=O)N1CCCC(C(=O)Nc2ccccc2N2CCc3sccc3C2)C1. The Bertz CT molecular complexity index is 971. The molecule has 0 radical (unpaired) electrons. The number of benzene rings is 1. The minimum atomic E-state index is -3.27. The van der Waals surface area contributed by atoms with Crippen LogP contribution in [0.4, 0.5) is 11.4 Å². The van der Waals surface area contributed by atoms with Crippen LogP contribution in [0.25, 0.3) is 0 Å². The van der Waals surface area contributed by atoms with Crippen LogP contribution in [-0.2, 0) is 27.8 Å². The molecule has 2 aliphatic heterocycles. The first kappa shape index (κ1) is 19.4. The number of fused-ring (bicyclic) bond motifs is 1. The molecule has 1 aromatic heterocycles. The third-order valence-electron chi connectivity index (χ3n) is 5.53. The fraction of sp³-hybridized carbons (Fsp3) is 0.450. The molecule has 1 N–H and O–H groups in total. The Morgan fingerprint density at radius 2 is 2.04 bits per heavy atom. The number of thiophene rings is 1. The molecule has 0 saturated carbocycles. The standard InChI is InChI=1S/C20H25N3O3S2/c1-28(25,26)23-10-4-5-16(14-23)20(24)21-17-6-2-3-7-18(17)22-11-8-19-15(13-22)9-12-27-19/h2-3,6-7,9,12,16H,4-5,8,10-11,13-14H2,1H3,(H,21,24). The van der Waals surface area contributed by atoms with E-state index < -0.39 is 10.0 Å². The van der Waals surface area contributed by atoms with Crippen molar-refractivity contribution in [3.8, 4) is 0 Å². The summed E-state index contributed by atoms with van der Waals surface area (Å²) in [6, 6.07) is 10.0. The maximum atomic E-state index is 12.9. The number of nitrogens with zero attached hydrogens (tertiary/aromatic N) is 2. The molecule has 28 heavy (non-hydrogen) atoms. The van der Waals surface area contributed by atoms with Crippen molar-refractivity contribution < 1.29 is 13.2 Å². The largest absolute Gasteiger partial charge is 0.365 e. The third kappa shape index (κ3) is 4.09. The number of piperidine rings is 1. The molecule has 3 heterocycles. The van der Waals surface area contributed by atoms with Gasteiger partial charge in [0.15, 0.2) is 0 Å². The number of carbonyl (C=O) groups is 1. The van der Waals surface area contributed by atoms with E-state index in [1.807, 2.05) is 35.6 Å². The molecule has 4 rings (SSSR count). The number of rotatable bonds is 4. The van der Waals surface area contributed by atoms with E-state index in [4.69, 9.17) is 0 Å². The minimum Gasteiger partial charge on any atom is -0.365 e.